The van der Waals surface area contributed by atoms with Crippen LogP contribution in [-0.2, 0) is 16.5 Å². The summed E-state index contributed by atoms with van der Waals surface area (Å²) in [7, 11) is -5.93. The predicted molar refractivity (Wildman–Crippen MR) is 65.8 cm³/mol. The minimum Gasteiger partial charge on any atom is -0.282 e. The first kappa shape index (κ1) is 19.7. The van der Waals surface area contributed by atoms with Crippen molar-refractivity contribution in [2.45, 2.75) is 18.8 Å². The van der Waals surface area contributed by atoms with Crippen LogP contribution in [0.3, 0.4) is 0 Å². The molecule has 0 saturated carbocycles. The highest BCUT2D eigenvalue weighted by Gasteiger charge is 2.54. The average molecular weight is 387 g/mol. The second kappa shape index (κ2) is 6.29. The van der Waals surface area contributed by atoms with Gasteiger partial charge in [-0.1, -0.05) is 23.7 Å². The summed E-state index contributed by atoms with van der Waals surface area (Å²) in [4.78, 5) is -2.42. The molecule has 0 heterocycles. The molecule has 1 rings (SSSR count). The Morgan fingerprint density at radius 2 is 1.57 bits per heavy atom. The highest BCUT2D eigenvalue weighted by Crippen LogP contribution is 2.42. The van der Waals surface area contributed by atoms with Gasteiger partial charge in [-0.2, -0.15) is 34.8 Å². The van der Waals surface area contributed by atoms with Gasteiger partial charge < -0.3 is 0 Å². The lowest BCUT2D eigenvalue weighted by molar-refractivity contribution is -0.172. The highest BCUT2D eigenvalue weighted by molar-refractivity contribution is 7.89. The molecule has 0 aliphatic heterocycles. The maximum Gasteiger partial charge on any atom is 0.422 e. The van der Waals surface area contributed by atoms with Gasteiger partial charge in [0.15, 0.2) is 5.57 Å². The molecular formula is C11H6ClF7O3S. The van der Waals surface area contributed by atoms with E-state index in [2.05, 4.69) is 0 Å². The normalized spacial score (nSPS) is 13.1. The molecule has 0 fully saturated rings. The topological polar surface area (TPSA) is 54.4 Å². The molecule has 0 unspecified atom stereocenters. The van der Waals surface area contributed by atoms with Crippen LogP contribution in [0.5, 0.6) is 0 Å². The standard InChI is InChI=1S/C11H6ClF7O3S/c12-6-3-1-2-5(8(6)13)4-7(23(20,21)22)9(10(14,15)16)11(17,18)19/h1-3H,4H2,(H,20,21,22). The van der Waals surface area contributed by atoms with Crippen molar-refractivity contribution in [3.05, 3.63) is 45.1 Å². The van der Waals surface area contributed by atoms with Crippen molar-refractivity contribution in [2.24, 2.45) is 0 Å². The second-order valence-electron chi connectivity index (χ2n) is 4.16. The monoisotopic (exact) mass is 386 g/mol. The number of hydrogen-bond acceptors (Lipinski definition) is 2. The van der Waals surface area contributed by atoms with E-state index in [0.29, 0.717) is 0 Å². The molecule has 130 valence electrons. The van der Waals surface area contributed by atoms with Crippen molar-refractivity contribution in [1.29, 1.82) is 0 Å². The first-order valence-corrected chi connectivity index (χ1v) is 7.25. The second-order valence-corrected chi connectivity index (χ2v) is 6.01. The van der Waals surface area contributed by atoms with Crippen molar-refractivity contribution in [1.82, 2.24) is 0 Å². The summed E-state index contributed by atoms with van der Waals surface area (Å²) >= 11 is 5.32. The van der Waals surface area contributed by atoms with Crippen molar-refractivity contribution in [2.75, 3.05) is 0 Å². The molecule has 0 atom stereocenters. The van der Waals surface area contributed by atoms with E-state index in [1.165, 1.54) is 0 Å². The molecule has 23 heavy (non-hydrogen) atoms. The minimum absolute atomic E-state index is 0.641. The van der Waals surface area contributed by atoms with Gasteiger partial charge in [0.2, 0.25) is 0 Å². The lowest BCUT2D eigenvalue weighted by Gasteiger charge is -2.19. The van der Waals surface area contributed by atoms with Crippen molar-refractivity contribution < 1.29 is 43.7 Å². The molecule has 1 N–H and O–H groups in total. The van der Waals surface area contributed by atoms with E-state index in [4.69, 9.17) is 16.2 Å². The molecule has 0 saturated heterocycles. The molecule has 1 aromatic rings. The van der Waals surface area contributed by atoms with Gasteiger partial charge in [-0.05, 0) is 11.6 Å². The van der Waals surface area contributed by atoms with Gasteiger partial charge in [0.1, 0.15) is 5.82 Å². The lowest BCUT2D eigenvalue weighted by atomic mass is 10.1. The zero-order chi connectivity index (χ0) is 18.2. The van der Waals surface area contributed by atoms with Gasteiger partial charge in [0, 0.05) is 6.42 Å². The van der Waals surface area contributed by atoms with Crippen LogP contribution in [-0.4, -0.2) is 25.3 Å². The van der Waals surface area contributed by atoms with Crippen LogP contribution < -0.4 is 0 Å². The molecule has 0 spiro atoms. The first-order valence-electron chi connectivity index (χ1n) is 5.43. The zero-order valence-corrected chi connectivity index (χ0v) is 12.2. The molecular weight excluding hydrogens is 381 g/mol. The van der Waals surface area contributed by atoms with Crippen molar-refractivity contribution in [3.8, 4) is 0 Å². The minimum atomic E-state index is -6.14. The summed E-state index contributed by atoms with van der Waals surface area (Å²) in [6, 6.07) is 2.67. The molecule has 0 amide bonds. The fourth-order valence-electron chi connectivity index (χ4n) is 1.64. The first-order chi connectivity index (χ1) is 10.2. The van der Waals surface area contributed by atoms with Crippen LogP contribution in [0.2, 0.25) is 5.02 Å². The Bertz CT molecular complexity index is 719. The van der Waals surface area contributed by atoms with E-state index in [-0.39, 0.29) is 0 Å². The molecule has 0 aliphatic rings. The third kappa shape index (κ3) is 4.82. The summed E-state index contributed by atoms with van der Waals surface area (Å²) in [6.45, 7) is 0. The summed E-state index contributed by atoms with van der Waals surface area (Å²) in [5.41, 5.74) is -4.30. The Labute approximate surface area is 130 Å². The van der Waals surface area contributed by atoms with E-state index >= 15 is 0 Å². The molecule has 12 heteroatoms. The largest absolute Gasteiger partial charge is 0.422 e. The summed E-state index contributed by atoms with van der Waals surface area (Å²) in [5.74, 6) is -1.40. The van der Waals surface area contributed by atoms with E-state index < -0.39 is 55.8 Å². The summed E-state index contributed by atoms with van der Waals surface area (Å²) in [5, 5.41) is -0.641. The van der Waals surface area contributed by atoms with Crippen LogP contribution in [0, 0.1) is 5.82 Å². The van der Waals surface area contributed by atoms with Gasteiger partial charge >= 0.3 is 12.4 Å². The molecule has 1 aromatic carbocycles. The number of hydrogen-bond donors (Lipinski definition) is 1. The summed E-state index contributed by atoms with van der Waals surface area (Å²) in [6.07, 6.45) is -14.0. The maximum atomic E-state index is 13.6. The predicted octanol–water partition coefficient (Wildman–Crippen LogP) is 4.29. The lowest BCUT2D eigenvalue weighted by Crippen LogP contribution is -2.30. The molecule has 3 nitrogen and oxygen atoms in total. The molecule has 0 aromatic heterocycles. The smallest absolute Gasteiger partial charge is 0.282 e. The van der Waals surface area contributed by atoms with Gasteiger partial charge in [-0.25, -0.2) is 4.39 Å². The summed E-state index contributed by atoms with van der Waals surface area (Å²) < 4.78 is 120. The number of alkyl halides is 6. The number of halogens is 8. The molecule has 0 bridgehead atoms. The van der Waals surface area contributed by atoms with E-state index in [1.54, 1.807) is 0 Å². The maximum absolute atomic E-state index is 13.6. The van der Waals surface area contributed by atoms with Crippen LogP contribution in [0.25, 0.3) is 0 Å². The van der Waals surface area contributed by atoms with E-state index in [0.717, 1.165) is 18.2 Å². The fraction of sp³-hybridized carbons (Fsp3) is 0.273. The van der Waals surface area contributed by atoms with Crippen molar-refractivity contribution >= 4 is 21.7 Å². The van der Waals surface area contributed by atoms with Crippen molar-refractivity contribution in [3.63, 3.8) is 0 Å². The highest BCUT2D eigenvalue weighted by atomic mass is 35.5. The Morgan fingerprint density at radius 3 is 1.96 bits per heavy atom. The third-order valence-electron chi connectivity index (χ3n) is 2.54. The SMILES string of the molecule is O=S(=O)(O)C(Cc1cccc(Cl)c1F)=C(C(F)(F)F)C(F)(F)F. The van der Waals surface area contributed by atoms with Crippen LogP contribution in [0.1, 0.15) is 5.56 Å². The fourth-order valence-corrected chi connectivity index (χ4v) is 2.66. The van der Waals surface area contributed by atoms with Gasteiger partial charge in [-0.3, -0.25) is 4.55 Å². The van der Waals surface area contributed by atoms with Gasteiger partial charge in [0.25, 0.3) is 10.1 Å². The van der Waals surface area contributed by atoms with Gasteiger partial charge in [-0.15, -0.1) is 0 Å². The van der Waals surface area contributed by atoms with E-state index in [1.807, 2.05) is 0 Å². The van der Waals surface area contributed by atoms with Crippen LogP contribution >= 0.6 is 11.6 Å². The average Bonchev–Trinajstić information content (AvgIpc) is 2.29. The Balaban J connectivity index is 3.70. The van der Waals surface area contributed by atoms with Gasteiger partial charge in [0.05, 0.1) is 9.93 Å². The quantitative estimate of drug-likeness (QED) is 0.623. The van der Waals surface area contributed by atoms with Crippen LogP contribution in [0.15, 0.2) is 28.7 Å². The van der Waals surface area contributed by atoms with Crippen LogP contribution in [0.4, 0.5) is 30.7 Å². The Kier molecular flexibility index (Phi) is 5.39. The Hall–Kier alpha value is -1.33. The third-order valence-corrected chi connectivity index (χ3v) is 3.80. The molecule has 0 radical (unpaired) electrons. The Morgan fingerprint density at radius 1 is 1.09 bits per heavy atom. The number of rotatable bonds is 3. The number of allylic oxidation sites excluding steroid dienone is 2. The number of benzene rings is 1. The van der Waals surface area contributed by atoms with E-state index in [9.17, 15) is 39.2 Å². The molecule has 0 aliphatic carbocycles. The zero-order valence-electron chi connectivity index (χ0n) is 10.6.